The highest BCUT2D eigenvalue weighted by atomic mass is 19.1. The van der Waals surface area contributed by atoms with Crippen molar-refractivity contribution >= 4 is 11.5 Å². The second kappa shape index (κ2) is 6.12. The summed E-state index contributed by atoms with van der Waals surface area (Å²) >= 11 is 0. The number of benzene rings is 1. The normalized spacial score (nSPS) is 10.4. The first-order valence-corrected chi connectivity index (χ1v) is 6.24. The van der Waals surface area contributed by atoms with Crippen molar-refractivity contribution in [1.29, 1.82) is 0 Å². The van der Waals surface area contributed by atoms with Crippen LogP contribution in [-0.4, -0.2) is 14.9 Å². The number of nitro benzene ring substituents is 1. The molecule has 2 aromatic rings. The number of nitrogens with zero attached hydrogens (tertiary/aromatic N) is 3. The van der Waals surface area contributed by atoms with Crippen LogP contribution in [0.2, 0.25) is 0 Å². The SMILES string of the molecule is CCCc1c(N)ncnc1Oc1cc(F)ccc1[N+](=O)[O-]. The molecule has 7 nitrogen and oxygen atoms in total. The van der Waals surface area contributed by atoms with E-state index in [9.17, 15) is 14.5 Å². The van der Waals surface area contributed by atoms with E-state index in [-0.39, 0.29) is 23.1 Å². The molecule has 0 amide bonds. The molecular formula is C13H13FN4O3. The molecule has 21 heavy (non-hydrogen) atoms. The van der Waals surface area contributed by atoms with Gasteiger partial charge in [0.05, 0.1) is 10.5 Å². The average Bonchev–Trinajstić information content (AvgIpc) is 2.42. The van der Waals surface area contributed by atoms with Crippen LogP contribution in [-0.2, 0) is 6.42 Å². The molecule has 0 unspecified atom stereocenters. The summed E-state index contributed by atoms with van der Waals surface area (Å²) in [6.07, 6.45) is 2.50. The van der Waals surface area contributed by atoms with Crippen molar-refractivity contribution in [2.24, 2.45) is 0 Å². The van der Waals surface area contributed by atoms with E-state index in [4.69, 9.17) is 10.5 Å². The summed E-state index contributed by atoms with van der Waals surface area (Å²) in [4.78, 5) is 18.1. The number of rotatable bonds is 5. The van der Waals surface area contributed by atoms with Gasteiger partial charge in [-0.15, -0.1) is 0 Å². The predicted octanol–water partition coefficient (Wildman–Crippen LogP) is 2.85. The van der Waals surface area contributed by atoms with Crippen LogP contribution in [0.15, 0.2) is 24.5 Å². The highest BCUT2D eigenvalue weighted by Crippen LogP contribution is 2.33. The van der Waals surface area contributed by atoms with Crippen LogP contribution in [0.1, 0.15) is 18.9 Å². The topological polar surface area (TPSA) is 104 Å². The van der Waals surface area contributed by atoms with Crippen molar-refractivity contribution in [2.45, 2.75) is 19.8 Å². The number of hydrogen-bond donors (Lipinski definition) is 1. The Morgan fingerprint density at radius 1 is 1.43 bits per heavy atom. The van der Waals surface area contributed by atoms with Crippen LogP contribution < -0.4 is 10.5 Å². The van der Waals surface area contributed by atoms with E-state index in [2.05, 4.69) is 9.97 Å². The Hall–Kier alpha value is -2.77. The first kappa shape index (κ1) is 14.6. The van der Waals surface area contributed by atoms with Gasteiger partial charge in [-0.25, -0.2) is 14.4 Å². The summed E-state index contributed by atoms with van der Waals surface area (Å²) < 4.78 is 18.7. The molecule has 8 heteroatoms. The molecule has 0 bridgehead atoms. The quantitative estimate of drug-likeness (QED) is 0.671. The standard InChI is InChI=1S/C13H13FN4O3/c1-2-3-9-12(15)16-7-17-13(9)21-11-6-8(14)4-5-10(11)18(19)20/h4-7H,2-3H2,1H3,(H2,15,16,17). The Balaban J connectivity index is 2.45. The molecule has 110 valence electrons. The predicted molar refractivity (Wildman–Crippen MR) is 73.6 cm³/mol. The van der Waals surface area contributed by atoms with Crippen molar-refractivity contribution < 1.29 is 14.1 Å². The third kappa shape index (κ3) is 3.22. The van der Waals surface area contributed by atoms with E-state index >= 15 is 0 Å². The van der Waals surface area contributed by atoms with Gasteiger partial charge in [-0.1, -0.05) is 13.3 Å². The van der Waals surface area contributed by atoms with Gasteiger partial charge < -0.3 is 10.5 Å². The highest BCUT2D eigenvalue weighted by molar-refractivity contribution is 5.51. The van der Waals surface area contributed by atoms with Crippen molar-refractivity contribution in [1.82, 2.24) is 9.97 Å². The van der Waals surface area contributed by atoms with E-state index in [0.29, 0.717) is 12.0 Å². The van der Waals surface area contributed by atoms with Crippen molar-refractivity contribution in [2.75, 3.05) is 5.73 Å². The third-order valence-electron chi connectivity index (χ3n) is 2.76. The molecule has 1 aromatic carbocycles. The van der Waals surface area contributed by atoms with E-state index in [0.717, 1.165) is 24.6 Å². The largest absolute Gasteiger partial charge is 0.431 e. The third-order valence-corrected chi connectivity index (χ3v) is 2.76. The minimum Gasteiger partial charge on any atom is -0.431 e. The second-order valence-corrected chi connectivity index (χ2v) is 4.26. The molecular weight excluding hydrogens is 279 g/mol. The molecule has 1 aromatic heterocycles. The van der Waals surface area contributed by atoms with E-state index in [1.54, 1.807) is 0 Å². The van der Waals surface area contributed by atoms with Crippen molar-refractivity contribution in [3.8, 4) is 11.6 Å². The van der Waals surface area contributed by atoms with Gasteiger partial charge >= 0.3 is 5.69 Å². The summed E-state index contributed by atoms with van der Waals surface area (Å²) in [7, 11) is 0. The highest BCUT2D eigenvalue weighted by Gasteiger charge is 2.19. The maximum absolute atomic E-state index is 13.3. The number of nitrogen functional groups attached to an aromatic ring is 1. The number of nitro groups is 1. The summed E-state index contributed by atoms with van der Waals surface area (Å²) in [6.45, 7) is 1.93. The number of nitrogens with two attached hydrogens (primary N) is 1. The summed E-state index contributed by atoms with van der Waals surface area (Å²) in [5, 5.41) is 10.9. The molecule has 1 heterocycles. The van der Waals surface area contributed by atoms with E-state index < -0.39 is 10.7 Å². The van der Waals surface area contributed by atoms with Crippen LogP contribution in [0.25, 0.3) is 0 Å². The summed E-state index contributed by atoms with van der Waals surface area (Å²) in [5.41, 5.74) is 5.94. The lowest BCUT2D eigenvalue weighted by molar-refractivity contribution is -0.385. The lowest BCUT2D eigenvalue weighted by Crippen LogP contribution is -2.03. The summed E-state index contributed by atoms with van der Waals surface area (Å²) in [6, 6.07) is 2.97. The van der Waals surface area contributed by atoms with Gasteiger partial charge in [0.25, 0.3) is 0 Å². The van der Waals surface area contributed by atoms with Crippen LogP contribution >= 0.6 is 0 Å². The van der Waals surface area contributed by atoms with Crippen LogP contribution in [0.4, 0.5) is 15.9 Å². The van der Waals surface area contributed by atoms with Crippen molar-refractivity contribution in [3.05, 3.63) is 46.0 Å². The second-order valence-electron chi connectivity index (χ2n) is 4.26. The fourth-order valence-corrected chi connectivity index (χ4v) is 1.81. The Morgan fingerprint density at radius 2 is 2.19 bits per heavy atom. The minimum absolute atomic E-state index is 0.0954. The maximum atomic E-state index is 13.3. The molecule has 0 aliphatic heterocycles. The van der Waals surface area contributed by atoms with Crippen LogP contribution in [0, 0.1) is 15.9 Å². The summed E-state index contributed by atoms with van der Waals surface area (Å²) in [5.74, 6) is -0.538. The van der Waals surface area contributed by atoms with Gasteiger partial charge in [0, 0.05) is 12.1 Å². The Kier molecular flexibility index (Phi) is 4.27. The number of hydrogen-bond acceptors (Lipinski definition) is 6. The molecule has 0 aliphatic carbocycles. The Bertz CT molecular complexity index is 678. The zero-order chi connectivity index (χ0) is 15.4. The minimum atomic E-state index is -0.654. The number of anilines is 1. The zero-order valence-corrected chi connectivity index (χ0v) is 11.2. The molecule has 2 rings (SSSR count). The lowest BCUT2D eigenvalue weighted by Gasteiger charge is -2.10. The van der Waals surface area contributed by atoms with Gasteiger partial charge in [-0.05, 0) is 12.5 Å². The van der Waals surface area contributed by atoms with Gasteiger partial charge in [-0.2, -0.15) is 0 Å². The van der Waals surface area contributed by atoms with E-state index in [1.165, 1.54) is 6.33 Å². The Labute approximate surface area is 119 Å². The van der Waals surface area contributed by atoms with E-state index in [1.807, 2.05) is 6.92 Å². The molecule has 0 aliphatic rings. The number of halogens is 1. The Morgan fingerprint density at radius 3 is 2.86 bits per heavy atom. The van der Waals surface area contributed by atoms with Gasteiger partial charge in [0.15, 0.2) is 0 Å². The van der Waals surface area contributed by atoms with Crippen molar-refractivity contribution in [3.63, 3.8) is 0 Å². The lowest BCUT2D eigenvalue weighted by atomic mass is 10.2. The van der Waals surface area contributed by atoms with Gasteiger partial charge in [0.1, 0.15) is 18.0 Å². The zero-order valence-electron chi connectivity index (χ0n) is 11.2. The first-order chi connectivity index (χ1) is 10.0. The molecule has 0 saturated heterocycles. The number of aromatic nitrogens is 2. The van der Waals surface area contributed by atoms with Gasteiger partial charge in [-0.3, -0.25) is 10.1 Å². The average molecular weight is 292 g/mol. The van der Waals surface area contributed by atoms with Crippen LogP contribution in [0.3, 0.4) is 0 Å². The monoisotopic (exact) mass is 292 g/mol. The fourth-order valence-electron chi connectivity index (χ4n) is 1.81. The van der Waals surface area contributed by atoms with Crippen LogP contribution in [0.5, 0.6) is 11.6 Å². The maximum Gasteiger partial charge on any atom is 0.311 e. The molecule has 2 N–H and O–H groups in total. The molecule has 0 spiro atoms. The fraction of sp³-hybridized carbons (Fsp3) is 0.231. The molecule has 0 atom stereocenters. The first-order valence-electron chi connectivity index (χ1n) is 6.24. The molecule has 0 radical (unpaired) electrons. The smallest absolute Gasteiger partial charge is 0.311 e. The molecule has 0 saturated carbocycles. The van der Waals surface area contributed by atoms with Gasteiger partial charge in [0.2, 0.25) is 11.6 Å². The molecule has 0 fully saturated rings. The number of ether oxygens (including phenoxy) is 1.